The second-order valence-electron chi connectivity index (χ2n) is 16.0. The summed E-state index contributed by atoms with van der Waals surface area (Å²) in [4.78, 5) is 31.4. The number of ketones is 1. The molecule has 0 amide bonds. The predicted molar refractivity (Wildman–Crippen MR) is 192 cm³/mol. The average molecular weight is 726 g/mol. The minimum absolute atomic E-state index is 0. The quantitative estimate of drug-likeness (QED) is 0.239. The van der Waals surface area contributed by atoms with Gasteiger partial charge in [0.1, 0.15) is 18.4 Å². The third-order valence-electron chi connectivity index (χ3n) is 11.3. The molecule has 4 N–H and O–H groups in total. The van der Waals surface area contributed by atoms with Gasteiger partial charge in [0.2, 0.25) is 0 Å². The standard InChI is InChI=1S/C39H67N3O7.ClH/c1-11-34-31(20-40)17-23(2)12-13-32(43)26(5)18-30(14-15-42-21-24(3)16-25(4)22-42)38(28(7)33(44)19-35(45)48-34)49-39-37(46)36(41(9)10)27(6)29(8)47-39;/h12-13,17,20,24-31,33-34,36-40,44,46H,11,14-16,18-19,21-22H2,1-10H3;1H/b13-12+,23-17+,40-20?;/t24-,25+,26-,27?,28+,29?,30+,31-,33-,34?,36?,37?,38-,39?;/m1./s1. The molecule has 0 aliphatic carbocycles. The first-order chi connectivity index (χ1) is 23.1. The van der Waals surface area contributed by atoms with E-state index in [1.165, 1.54) is 12.6 Å². The molecule has 0 aromatic heterocycles. The summed E-state index contributed by atoms with van der Waals surface area (Å²) in [6, 6.07) is -0.204. The van der Waals surface area contributed by atoms with Crippen molar-refractivity contribution < 1.29 is 51.8 Å². The van der Waals surface area contributed by atoms with E-state index in [0.29, 0.717) is 24.7 Å². The van der Waals surface area contributed by atoms with Crippen molar-refractivity contribution in [2.75, 3.05) is 33.7 Å². The van der Waals surface area contributed by atoms with Gasteiger partial charge in [-0.25, -0.2) is 0 Å². The fourth-order valence-corrected chi connectivity index (χ4v) is 8.43. The molecule has 0 bridgehead atoms. The van der Waals surface area contributed by atoms with Crippen molar-refractivity contribution in [2.24, 2.45) is 41.4 Å². The third-order valence-corrected chi connectivity index (χ3v) is 11.3. The topological polar surface area (TPSA) is 134 Å². The van der Waals surface area contributed by atoms with Crippen LogP contribution >= 0.6 is 0 Å². The van der Waals surface area contributed by atoms with Crippen molar-refractivity contribution in [3.8, 4) is 0 Å². The largest absolute Gasteiger partial charge is 1.00 e. The minimum Gasteiger partial charge on any atom is -1.00 e. The number of aliphatic hydroxyl groups is 2. The average Bonchev–Trinajstić information content (AvgIpc) is 3.03. The van der Waals surface area contributed by atoms with Crippen molar-refractivity contribution in [2.45, 2.75) is 130 Å². The summed E-state index contributed by atoms with van der Waals surface area (Å²) in [6.45, 7) is 19.2. The lowest BCUT2D eigenvalue weighted by Gasteiger charge is -2.47. The number of aliphatic hydroxyl groups excluding tert-OH is 2. The number of hydrogen-bond acceptors (Lipinski definition) is 9. The van der Waals surface area contributed by atoms with Crippen LogP contribution in [0.5, 0.6) is 0 Å². The molecular formula is C39H68ClN3O7. The molecule has 0 radical (unpaired) electrons. The molecule has 50 heavy (non-hydrogen) atoms. The van der Waals surface area contributed by atoms with Crippen LogP contribution in [0.4, 0.5) is 0 Å². The number of nitrogens with two attached hydrogens (primary N) is 1. The van der Waals surface area contributed by atoms with Gasteiger partial charge in [-0.15, -0.1) is 0 Å². The summed E-state index contributed by atoms with van der Waals surface area (Å²) >= 11 is 0. The van der Waals surface area contributed by atoms with E-state index in [4.69, 9.17) is 19.6 Å². The van der Waals surface area contributed by atoms with E-state index in [1.54, 1.807) is 12.2 Å². The van der Waals surface area contributed by atoms with E-state index < -0.39 is 42.6 Å². The smallest absolute Gasteiger partial charge is 0.308 e. The molecule has 6 unspecified atom stereocenters. The van der Waals surface area contributed by atoms with Crippen molar-refractivity contribution in [1.82, 2.24) is 9.80 Å². The Bertz CT molecular complexity index is 1140. The lowest BCUT2D eigenvalue weighted by molar-refractivity contribution is -0.295. The molecule has 2 fully saturated rings. The third kappa shape index (κ3) is 12.2. The number of likely N-dealkylation sites (N-methyl/N-ethyl adjacent to an activating group) is 1. The van der Waals surface area contributed by atoms with Crippen LogP contribution in [0.25, 0.3) is 0 Å². The molecule has 0 aromatic carbocycles. The van der Waals surface area contributed by atoms with Crippen molar-refractivity contribution in [3.05, 3.63) is 23.8 Å². The number of esters is 1. The molecule has 3 aliphatic heterocycles. The van der Waals surface area contributed by atoms with E-state index >= 15 is 0 Å². The Balaban J connectivity index is 0.00000867. The molecule has 10 nitrogen and oxygen atoms in total. The number of likely N-dealkylation sites (tertiary alicyclic amines) is 1. The monoisotopic (exact) mass is 725 g/mol. The first kappa shape index (κ1) is 44.5. The second-order valence-corrected chi connectivity index (χ2v) is 16.0. The van der Waals surface area contributed by atoms with Crippen LogP contribution in [-0.2, 0) is 23.8 Å². The number of cyclic esters (lactones) is 1. The van der Waals surface area contributed by atoms with E-state index in [1.807, 2.05) is 59.7 Å². The molecule has 3 aliphatic rings. The summed E-state index contributed by atoms with van der Waals surface area (Å²) in [5, 5.41) is 29.3. The predicted octanol–water partition coefficient (Wildman–Crippen LogP) is 0.298. The second kappa shape index (κ2) is 20.5. The molecule has 2 saturated heterocycles. The van der Waals surface area contributed by atoms with Gasteiger partial charge in [0.25, 0.3) is 0 Å². The highest BCUT2D eigenvalue weighted by molar-refractivity contribution is 5.91. The molecule has 0 saturated carbocycles. The summed E-state index contributed by atoms with van der Waals surface area (Å²) in [5.41, 5.74) is 0.843. The van der Waals surface area contributed by atoms with Crippen molar-refractivity contribution in [3.63, 3.8) is 0 Å². The van der Waals surface area contributed by atoms with Crippen LogP contribution in [0.1, 0.15) is 87.5 Å². The van der Waals surface area contributed by atoms with E-state index in [2.05, 4.69) is 25.7 Å². The number of hydrogen-bond donors (Lipinski definition) is 3. The highest BCUT2D eigenvalue weighted by Gasteiger charge is 2.46. The summed E-state index contributed by atoms with van der Waals surface area (Å²) in [6.07, 6.45) is 5.30. The van der Waals surface area contributed by atoms with Crippen molar-refractivity contribution in [1.29, 1.82) is 0 Å². The lowest BCUT2D eigenvalue weighted by Crippen LogP contribution is -3.00. The van der Waals surface area contributed by atoms with Gasteiger partial charge in [0, 0.05) is 36.9 Å². The molecule has 3 rings (SSSR count). The Morgan fingerprint density at radius 3 is 2.24 bits per heavy atom. The molecule has 288 valence electrons. The number of piperidine rings is 1. The number of ether oxygens (including phenoxy) is 3. The normalized spacial score (nSPS) is 41.8. The van der Waals surface area contributed by atoms with Gasteiger partial charge in [0.05, 0.1) is 30.7 Å². The molecule has 11 heteroatoms. The van der Waals surface area contributed by atoms with Gasteiger partial charge in [-0.2, -0.15) is 0 Å². The van der Waals surface area contributed by atoms with E-state index in [-0.39, 0.29) is 60.4 Å². The Labute approximate surface area is 308 Å². The number of allylic oxidation sites excluding steroid dienone is 3. The first-order valence-electron chi connectivity index (χ1n) is 18.8. The van der Waals surface area contributed by atoms with Crippen LogP contribution in [0.3, 0.4) is 0 Å². The number of carbonyl (C=O) groups excluding carboxylic acids is 2. The Kier molecular flexibility index (Phi) is 18.3. The molecule has 0 aromatic rings. The van der Waals surface area contributed by atoms with Crippen LogP contribution in [0.15, 0.2) is 23.8 Å². The van der Waals surface area contributed by atoms with Crippen LogP contribution in [-0.4, -0.2) is 115 Å². The van der Waals surface area contributed by atoms with Crippen LogP contribution in [0.2, 0.25) is 0 Å². The Hall–Kier alpha value is -1.66. The molecule has 14 atom stereocenters. The maximum absolute atomic E-state index is 13.6. The molecular weight excluding hydrogens is 658 g/mol. The summed E-state index contributed by atoms with van der Waals surface area (Å²) < 4.78 is 19.1. The van der Waals surface area contributed by atoms with E-state index in [0.717, 1.165) is 31.6 Å². The zero-order valence-corrected chi connectivity index (χ0v) is 33.1. The number of nitrogens with zero attached hydrogens (tertiary/aromatic N) is 2. The SMILES string of the molecule is CCC1OC(=O)C[C@@H](O)[C@H](C)[C@@H](OC2OC(C)C(C)C(N(C)C)C2O)[C@@H](CCN2C[C@H](C)C[C@H](C)C2)C[C@@H](C)C(=O)/C=C/C(C)=C/[C@@H]1C=[NH2+].[Cl-]. The van der Waals surface area contributed by atoms with E-state index in [9.17, 15) is 19.8 Å². The van der Waals surface area contributed by atoms with Gasteiger partial charge >= 0.3 is 5.97 Å². The first-order valence-corrected chi connectivity index (χ1v) is 18.8. The van der Waals surface area contributed by atoms with Crippen molar-refractivity contribution >= 4 is 18.0 Å². The summed E-state index contributed by atoms with van der Waals surface area (Å²) in [7, 11) is 3.89. The van der Waals surface area contributed by atoms with Crippen LogP contribution in [0, 0.1) is 41.4 Å². The Morgan fingerprint density at radius 1 is 1.02 bits per heavy atom. The molecule has 3 heterocycles. The van der Waals surface area contributed by atoms with Crippen LogP contribution < -0.4 is 17.8 Å². The fraction of sp³-hybridized carbons (Fsp3) is 0.821. The van der Waals surface area contributed by atoms with Gasteiger partial charge < -0.3 is 46.6 Å². The lowest BCUT2D eigenvalue weighted by atomic mass is 9.79. The summed E-state index contributed by atoms with van der Waals surface area (Å²) in [5.74, 6) is -0.636. The highest BCUT2D eigenvalue weighted by Crippen LogP contribution is 2.36. The number of rotatable bonds is 8. The maximum Gasteiger partial charge on any atom is 0.308 e. The number of halogens is 1. The zero-order valence-electron chi connectivity index (χ0n) is 32.3. The fourth-order valence-electron chi connectivity index (χ4n) is 8.43. The highest BCUT2D eigenvalue weighted by atomic mass is 35.5. The zero-order chi connectivity index (χ0) is 36.6. The maximum atomic E-state index is 13.6. The Morgan fingerprint density at radius 2 is 1.66 bits per heavy atom. The number of carbonyl (C=O) groups is 2. The van der Waals surface area contributed by atoms with Gasteiger partial charge in [-0.3, -0.25) is 15.0 Å². The van der Waals surface area contributed by atoms with Gasteiger partial charge in [0.15, 0.2) is 12.1 Å². The van der Waals surface area contributed by atoms with Gasteiger partial charge in [-0.1, -0.05) is 59.3 Å². The molecule has 0 spiro atoms. The minimum atomic E-state index is -1.09. The van der Waals surface area contributed by atoms with Gasteiger partial charge in [-0.05, 0) is 84.0 Å².